The number of aliphatic hydroxyl groups is 1. The topological polar surface area (TPSA) is 96.9 Å². The average molecular weight is 539 g/mol. The Bertz CT molecular complexity index is 829. The van der Waals surface area contributed by atoms with Crippen LogP contribution in [0.5, 0.6) is 0 Å². The highest BCUT2D eigenvalue weighted by atomic mass is 35.5. The van der Waals surface area contributed by atoms with Gasteiger partial charge < -0.3 is 25.2 Å². The third-order valence-corrected chi connectivity index (χ3v) is 7.58. The molecule has 3 N–H and O–H groups in total. The van der Waals surface area contributed by atoms with Crippen molar-refractivity contribution < 1.29 is 24.2 Å². The van der Waals surface area contributed by atoms with Gasteiger partial charge >= 0.3 is 0 Å². The van der Waals surface area contributed by atoms with Crippen molar-refractivity contribution in [1.29, 1.82) is 0 Å². The summed E-state index contributed by atoms with van der Waals surface area (Å²) < 4.78 is 12.4. The summed E-state index contributed by atoms with van der Waals surface area (Å²) in [4.78, 5) is 24.2. The van der Waals surface area contributed by atoms with Gasteiger partial charge in [0.1, 0.15) is 0 Å². The molecule has 2 aliphatic heterocycles. The fourth-order valence-corrected chi connectivity index (χ4v) is 5.13. The van der Waals surface area contributed by atoms with E-state index in [0.29, 0.717) is 25.3 Å². The van der Waals surface area contributed by atoms with E-state index in [1.807, 2.05) is 45.9 Å². The SMILES string of the molecule is CC/C=C\C(=O)N[C@@H]1C[C@H](C)[C@H](C/C=C(C)/C=C/[C@@H]2C[C@@](O)(CCl)C[C@@H](CC(=O)NCCC)O2)O[C@@H]1C. The number of carbonyl (C=O) groups is 2. The first kappa shape index (κ1) is 31.5. The lowest BCUT2D eigenvalue weighted by molar-refractivity contribution is -0.138. The van der Waals surface area contributed by atoms with Gasteiger partial charge in [0, 0.05) is 19.4 Å². The fourth-order valence-electron chi connectivity index (χ4n) is 4.91. The predicted octanol–water partition coefficient (Wildman–Crippen LogP) is 4.58. The van der Waals surface area contributed by atoms with Crippen LogP contribution < -0.4 is 10.6 Å². The molecule has 2 heterocycles. The highest BCUT2D eigenvalue weighted by molar-refractivity contribution is 6.18. The van der Waals surface area contributed by atoms with Crippen LogP contribution in [-0.2, 0) is 19.1 Å². The van der Waals surface area contributed by atoms with Gasteiger partial charge in [-0.15, -0.1) is 11.6 Å². The number of allylic oxidation sites excluding steroid dienone is 3. The third kappa shape index (κ3) is 10.9. The van der Waals surface area contributed by atoms with Crippen molar-refractivity contribution in [2.45, 2.75) is 116 Å². The van der Waals surface area contributed by atoms with Gasteiger partial charge in [-0.1, -0.05) is 50.6 Å². The summed E-state index contributed by atoms with van der Waals surface area (Å²) in [6.07, 6.45) is 13.2. The van der Waals surface area contributed by atoms with E-state index in [0.717, 1.165) is 31.3 Å². The van der Waals surface area contributed by atoms with Crippen LogP contribution in [0, 0.1) is 5.92 Å². The van der Waals surface area contributed by atoms with Crippen molar-refractivity contribution in [2.75, 3.05) is 12.4 Å². The molecule has 0 radical (unpaired) electrons. The van der Waals surface area contributed by atoms with Gasteiger partial charge in [0.05, 0.1) is 48.4 Å². The summed E-state index contributed by atoms with van der Waals surface area (Å²) in [6, 6.07) is 0.00589. The van der Waals surface area contributed by atoms with Crippen molar-refractivity contribution in [3.8, 4) is 0 Å². The monoisotopic (exact) mass is 538 g/mol. The number of rotatable bonds is 12. The summed E-state index contributed by atoms with van der Waals surface area (Å²) in [6.45, 7) is 10.8. The normalized spacial score (nSPS) is 33.1. The molecule has 7 atom stereocenters. The van der Waals surface area contributed by atoms with Crippen LogP contribution in [-0.4, -0.2) is 65.4 Å². The lowest BCUT2D eigenvalue weighted by Gasteiger charge is -2.39. The number of amides is 2. The molecular formula is C29H47ClN2O5. The molecule has 0 aromatic heterocycles. The van der Waals surface area contributed by atoms with Crippen LogP contribution in [0.3, 0.4) is 0 Å². The van der Waals surface area contributed by atoms with E-state index in [1.54, 1.807) is 6.08 Å². The van der Waals surface area contributed by atoms with E-state index in [9.17, 15) is 14.7 Å². The van der Waals surface area contributed by atoms with Crippen molar-refractivity contribution in [3.63, 3.8) is 0 Å². The molecule has 210 valence electrons. The first-order valence-electron chi connectivity index (χ1n) is 13.8. The second-order valence-electron chi connectivity index (χ2n) is 10.7. The van der Waals surface area contributed by atoms with Crippen molar-refractivity contribution >= 4 is 23.4 Å². The number of halogens is 1. The zero-order valence-electron chi connectivity index (χ0n) is 23.2. The number of nitrogens with one attached hydrogen (secondary N) is 2. The van der Waals surface area contributed by atoms with Crippen LogP contribution in [0.15, 0.2) is 36.0 Å². The van der Waals surface area contributed by atoms with Crippen molar-refractivity contribution in [2.24, 2.45) is 5.92 Å². The maximum Gasteiger partial charge on any atom is 0.243 e. The molecule has 7 nitrogen and oxygen atoms in total. The summed E-state index contributed by atoms with van der Waals surface area (Å²) >= 11 is 6.07. The second kappa shape index (κ2) is 15.7. The molecule has 2 rings (SSSR count). The zero-order valence-corrected chi connectivity index (χ0v) is 23.9. The number of hydrogen-bond donors (Lipinski definition) is 3. The summed E-state index contributed by atoms with van der Waals surface area (Å²) in [5.74, 6) is 0.279. The van der Waals surface area contributed by atoms with E-state index in [4.69, 9.17) is 21.1 Å². The van der Waals surface area contributed by atoms with Crippen LogP contribution in [0.1, 0.15) is 79.6 Å². The number of carbonyl (C=O) groups excluding carboxylic acids is 2. The van der Waals surface area contributed by atoms with Crippen LogP contribution in [0.25, 0.3) is 0 Å². The lowest BCUT2D eigenvalue weighted by atomic mass is 9.87. The standard InChI is InChI=1S/C29H47ClN2O5/c1-6-8-9-27(33)32-25-15-21(4)26(36-22(25)5)13-11-20(3)10-12-23-17-29(35,19-30)18-24(37-23)16-28(34)31-14-7-2/h8-12,21-26,35H,6-7,13-19H2,1-5H3,(H,31,34)(H,32,33)/b9-8-,12-10+,20-11+/t21-,22+,23+,24+,25+,26-,29-/m0/s1. The third-order valence-electron chi connectivity index (χ3n) is 7.08. The van der Waals surface area contributed by atoms with E-state index in [1.165, 1.54) is 0 Å². The molecule has 0 aromatic carbocycles. The molecule has 2 amide bonds. The van der Waals surface area contributed by atoms with Crippen LogP contribution >= 0.6 is 11.6 Å². The van der Waals surface area contributed by atoms with Gasteiger partial charge in [-0.25, -0.2) is 0 Å². The first-order chi connectivity index (χ1) is 17.6. The van der Waals surface area contributed by atoms with Crippen molar-refractivity contribution in [1.82, 2.24) is 10.6 Å². The summed E-state index contributed by atoms with van der Waals surface area (Å²) in [7, 11) is 0. The number of ether oxygens (including phenoxy) is 2. The van der Waals surface area contributed by atoms with E-state index in [-0.39, 0.29) is 54.6 Å². The molecule has 2 aliphatic rings. The van der Waals surface area contributed by atoms with Crippen LogP contribution in [0.2, 0.25) is 0 Å². The molecule has 2 fully saturated rings. The Morgan fingerprint density at radius 1 is 1.16 bits per heavy atom. The summed E-state index contributed by atoms with van der Waals surface area (Å²) in [5.41, 5.74) is 0.0199. The van der Waals surface area contributed by atoms with Gasteiger partial charge in [0.2, 0.25) is 11.8 Å². The first-order valence-corrected chi connectivity index (χ1v) is 14.3. The minimum atomic E-state index is -1.05. The Balaban J connectivity index is 1.91. The van der Waals surface area contributed by atoms with Crippen molar-refractivity contribution in [3.05, 3.63) is 36.0 Å². The Kier molecular flexibility index (Phi) is 13.4. The zero-order chi connectivity index (χ0) is 27.4. The van der Waals surface area contributed by atoms with E-state index >= 15 is 0 Å². The molecule has 37 heavy (non-hydrogen) atoms. The molecule has 0 saturated carbocycles. The van der Waals surface area contributed by atoms with Crippen LogP contribution in [0.4, 0.5) is 0 Å². The van der Waals surface area contributed by atoms with Gasteiger partial charge in [0.15, 0.2) is 0 Å². The molecule has 8 heteroatoms. The smallest absolute Gasteiger partial charge is 0.243 e. The fraction of sp³-hybridized carbons (Fsp3) is 0.724. The summed E-state index contributed by atoms with van der Waals surface area (Å²) in [5, 5.41) is 16.8. The van der Waals surface area contributed by atoms with Gasteiger partial charge in [-0.3, -0.25) is 9.59 Å². The molecule has 0 unspecified atom stereocenters. The quantitative estimate of drug-likeness (QED) is 0.192. The lowest BCUT2D eigenvalue weighted by Crippen LogP contribution is -2.50. The molecule has 0 aliphatic carbocycles. The Morgan fingerprint density at radius 3 is 2.59 bits per heavy atom. The second-order valence-corrected chi connectivity index (χ2v) is 10.9. The molecule has 0 aromatic rings. The molecule has 2 saturated heterocycles. The maximum atomic E-state index is 12.2. The van der Waals surface area contributed by atoms with Gasteiger partial charge in [-0.2, -0.15) is 0 Å². The number of hydrogen-bond acceptors (Lipinski definition) is 5. The highest BCUT2D eigenvalue weighted by Gasteiger charge is 2.39. The van der Waals surface area contributed by atoms with Gasteiger partial charge in [-0.05, 0) is 51.5 Å². The minimum absolute atomic E-state index is 0.00589. The Labute approximate surface area is 228 Å². The average Bonchev–Trinajstić information content (AvgIpc) is 2.85. The highest BCUT2D eigenvalue weighted by Crippen LogP contribution is 2.32. The maximum absolute atomic E-state index is 12.2. The Hall–Kier alpha value is -1.67. The van der Waals surface area contributed by atoms with E-state index in [2.05, 4.69) is 23.6 Å². The molecular weight excluding hydrogens is 492 g/mol. The number of alkyl halides is 1. The predicted molar refractivity (Wildman–Crippen MR) is 148 cm³/mol. The van der Waals surface area contributed by atoms with Gasteiger partial charge in [0.25, 0.3) is 0 Å². The molecule has 0 spiro atoms. The van der Waals surface area contributed by atoms with E-state index < -0.39 is 5.60 Å². The Morgan fingerprint density at radius 2 is 1.92 bits per heavy atom. The largest absolute Gasteiger partial charge is 0.388 e. The minimum Gasteiger partial charge on any atom is -0.388 e. The molecule has 0 bridgehead atoms.